The molecule has 1 atom stereocenters. The second kappa shape index (κ2) is 7.29. The van der Waals surface area contributed by atoms with Gasteiger partial charge in [-0.05, 0) is 86.8 Å². The molecule has 7 rings (SSSR count). The number of hydrogen-bond donors (Lipinski definition) is 0. The summed E-state index contributed by atoms with van der Waals surface area (Å²) in [4.78, 5) is 28.6. The summed E-state index contributed by atoms with van der Waals surface area (Å²) in [5, 5.41) is 0.445. The molecule has 6 aliphatic rings. The minimum absolute atomic E-state index is 0.102. The molecule has 0 aromatic heterocycles. The Kier molecular flexibility index (Phi) is 4.64. The number of benzene rings is 1. The summed E-state index contributed by atoms with van der Waals surface area (Å²) in [5.74, 6) is 3.12. The molecule has 5 fully saturated rings. The van der Waals surface area contributed by atoms with E-state index in [1.807, 2.05) is 4.90 Å². The van der Waals surface area contributed by atoms with E-state index in [1.165, 1.54) is 19.3 Å². The molecular weight excluding hydrogens is 418 g/mol. The van der Waals surface area contributed by atoms with Crippen LogP contribution in [0.3, 0.4) is 0 Å². The van der Waals surface area contributed by atoms with Crippen LogP contribution in [0.4, 0.5) is 0 Å². The van der Waals surface area contributed by atoms with Crippen molar-refractivity contribution in [3.63, 3.8) is 0 Å². The predicted molar refractivity (Wildman–Crippen MR) is 113 cm³/mol. The molecule has 166 valence electrons. The van der Waals surface area contributed by atoms with E-state index in [0.717, 1.165) is 31.2 Å². The molecule has 0 N–H and O–H groups in total. The summed E-state index contributed by atoms with van der Waals surface area (Å²) in [5.41, 5.74) is 0.530. The van der Waals surface area contributed by atoms with Gasteiger partial charge in [-0.1, -0.05) is 11.6 Å². The van der Waals surface area contributed by atoms with Crippen molar-refractivity contribution in [1.82, 2.24) is 4.90 Å². The van der Waals surface area contributed by atoms with Crippen LogP contribution in [0.25, 0.3) is 0 Å². The van der Waals surface area contributed by atoms with Gasteiger partial charge in [-0.3, -0.25) is 4.79 Å². The first-order valence-corrected chi connectivity index (χ1v) is 11.9. The summed E-state index contributed by atoms with van der Waals surface area (Å²) in [7, 11) is 0. The number of fused-ring (bicyclic) bond motifs is 1. The number of hydrogen-bond acceptors (Lipinski definition) is 5. The van der Waals surface area contributed by atoms with E-state index in [9.17, 15) is 9.59 Å². The molecule has 2 heterocycles. The highest BCUT2D eigenvalue weighted by Gasteiger charge is 2.57. The number of carbonyl (C=O) groups is 2. The first-order chi connectivity index (χ1) is 15.0. The van der Waals surface area contributed by atoms with Crippen molar-refractivity contribution >= 4 is 23.5 Å². The van der Waals surface area contributed by atoms with Crippen molar-refractivity contribution in [2.24, 2.45) is 23.2 Å². The summed E-state index contributed by atoms with van der Waals surface area (Å²) in [6, 6.07) is 3.05. The average molecular weight is 446 g/mol. The van der Waals surface area contributed by atoms with Gasteiger partial charge in [-0.15, -0.1) is 0 Å². The second-order valence-electron chi connectivity index (χ2n) is 10.3. The Hall–Kier alpha value is -1.95. The highest BCUT2D eigenvalue weighted by molar-refractivity contribution is 6.32. The van der Waals surface area contributed by atoms with Crippen LogP contribution in [0.5, 0.6) is 11.5 Å². The highest BCUT2D eigenvalue weighted by atomic mass is 35.5. The molecule has 1 aromatic carbocycles. The number of ether oxygens (including phenoxy) is 3. The van der Waals surface area contributed by atoms with Crippen molar-refractivity contribution in [2.45, 2.75) is 64.0 Å². The zero-order valence-corrected chi connectivity index (χ0v) is 18.4. The molecule has 4 bridgehead atoms. The van der Waals surface area contributed by atoms with Crippen molar-refractivity contribution in [1.29, 1.82) is 0 Å². The van der Waals surface area contributed by atoms with Crippen LogP contribution < -0.4 is 9.47 Å². The van der Waals surface area contributed by atoms with Crippen molar-refractivity contribution in [3.8, 4) is 11.5 Å². The molecule has 1 unspecified atom stereocenters. The smallest absolute Gasteiger partial charge is 0.329 e. The minimum atomic E-state index is -0.468. The van der Waals surface area contributed by atoms with E-state index in [4.69, 9.17) is 25.8 Å². The molecule has 4 saturated carbocycles. The number of likely N-dealkylation sites (tertiary alicyclic amines) is 1. The molecule has 2 aliphatic heterocycles. The van der Waals surface area contributed by atoms with Gasteiger partial charge in [-0.2, -0.15) is 0 Å². The summed E-state index contributed by atoms with van der Waals surface area (Å²) >= 11 is 6.23. The number of halogens is 1. The lowest BCUT2D eigenvalue weighted by Crippen LogP contribution is -2.56. The lowest BCUT2D eigenvalue weighted by molar-refractivity contribution is -0.166. The Labute approximate surface area is 187 Å². The largest absolute Gasteiger partial charge is 0.459 e. The lowest BCUT2D eigenvalue weighted by Gasteiger charge is -2.56. The molecule has 1 amide bonds. The van der Waals surface area contributed by atoms with Gasteiger partial charge >= 0.3 is 5.97 Å². The van der Waals surface area contributed by atoms with Gasteiger partial charge in [0.25, 0.3) is 0 Å². The fraction of sp³-hybridized carbons (Fsp3) is 0.667. The van der Waals surface area contributed by atoms with Crippen LogP contribution in [-0.2, 0) is 20.9 Å². The Morgan fingerprint density at radius 2 is 1.81 bits per heavy atom. The monoisotopic (exact) mass is 445 g/mol. The standard InChI is InChI=1S/C24H28ClNO5/c25-18-7-17(8-20-21(18)31-13-30-20)12-29-22(27)19-2-1-3-26(19)23(28)24-9-14-4-15(10-24)6-16(5-14)11-24/h7-8,14-16,19H,1-6,9-13H2. The zero-order valence-electron chi connectivity index (χ0n) is 17.6. The van der Waals surface area contributed by atoms with Crippen LogP contribution in [0.2, 0.25) is 5.02 Å². The Balaban J connectivity index is 1.14. The number of rotatable bonds is 4. The first kappa shape index (κ1) is 19.7. The summed E-state index contributed by atoms with van der Waals surface area (Å²) in [6.45, 7) is 0.906. The molecular formula is C24H28ClNO5. The quantitative estimate of drug-likeness (QED) is 0.646. The second-order valence-corrected chi connectivity index (χ2v) is 10.7. The summed E-state index contributed by atoms with van der Waals surface area (Å²) in [6.07, 6.45) is 8.50. The predicted octanol–water partition coefficient (Wildman–Crippen LogP) is 4.32. The molecule has 1 aromatic rings. The van der Waals surface area contributed by atoms with Gasteiger partial charge in [0.2, 0.25) is 12.7 Å². The fourth-order valence-electron chi connectivity index (χ4n) is 7.29. The van der Waals surface area contributed by atoms with Crippen molar-refractivity contribution in [2.75, 3.05) is 13.3 Å². The number of amides is 1. The third-order valence-electron chi connectivity index (χ3n) is 8.15. The zero-order chi connectivity index (χ0) is 21.2. The van der Waals surface area contributed by atoms with Crippen molar-refractivity contribution < 1.29 is 23.8 Å². The maximum atomic E-state index is 13.7. The van der Waals surface area contributed by atoms with Gasteiger partial charge in [-0.25, -0.2) is 4.79 Å². The van der Waals surface area contributed by atoms with Crippen LogP contribution in [0.15, 0.2) is 12.1 Å². The number of carbonyl (C=O) groups excluding carboxylic acids is 2. The maximum Gasteiger partial charge on any atom is 0.329 e. The number of nitrogens with zero attached hydrogens (tertiary/aromatic N) is 1. The highest BCUT2D eigenvalue weighted by Crippen LogP contribution is 2.60. The van der Waals surface area contributed by atoms with Gasteiger partial charge in [0, 0.05) is 6.54 Å². The molecule has 1 saturated heterocycles. The van der Waals surface area contributed by atoms with Crippen LogP contribution in [0, 0.1) is 23.2 Å². The Morgan fingerprint density at radius 3 is 2.52 bits per heavy atom. The molecule has 6 nitrogen and oxygen atoms in total. The van der Waals surface area contributed by atoms with E-state index >= 15 is 0 Å². The molecule has 7 heteroatoms. The Morgan fingerprint density at radius 1 is 1.10 bits per heavy atom. The van der Waals surface area contributed by atoms with Crippen LogP contribution in [-0.4, -0.2) is 36.2 Å². The van der Waals surface area contributed by atoms with E-state index in [2.05, 4.69) is 0 Å². The average Bonchev–Trinajstić information content (AvgIpc) is 3.40. The van der Waals surface area contributed by atoms with Gasteiger partial charge in [0.15, 0.2) is 11.5 Å². The van der Waals surface area contributed by atoms with E-state index in [-0.39, 0.29) is 30.7 Å². The Bertz CT molecular complexity index is 896. The van der Waals surface area contributed by atoms with Crippen molar-refractivity contribution in [3.05, 3.63) is 22.7 Å². The van der Waals surface area contributed by atoms with Gasteiger partial charge in [0.05, 0.1) is 10.4 Å². The summed E-state index contributed by atoms with van der Waals surface area (Å²) < 4.78 is 16.4. The minimum Gasteiger partial charge on any atom is -0.459 e. The first-order valence-electron chi connectivity index (χ1n) is 11.6. The van der Waals surface area contributed by atoms with E-state index < -0.39 is 6.04 Å². The maximum absolute atomic E-state index is 13.7. The van der Waals surface area contributed by atoms with Gasteiger partial charge in [0.1, 0.15) is 12.6 Å². The van der Waals surface area contributed by atoms with Gasteiger partial charge < -0.3 is 19.1 Å². The topological polar surface area (TPSA) is 65.1 Å². The van der Waals surface area contributed by atoms with Crippen LogP contribution in [0.1, 0.15) is 56.9 Å². The molecule has 31 heavy (non-hydrogen) atoms. The number of esters is 1. The third-order valence-corrected chi connectivity index (χ3v) is 8.43. The molecule has 0 radical (unpaired) electrons. The normalized spacial score (nSPS) is 34.9. The lowest BCUT2D eigenvalue weighted by atomic mass is 9.49. The molecule has 0 spiro atoms. The van der Waals surface area contributed by atoms with Crippen LogP contribution >= 0.6 is 11.6 Å². The SMILES string of the molecule is O=C(OCc1cc(Cl)c2c(c1)OCO2)C1CCCN1C(=O)C12CC3CC(CC(C3)C1)C2. The fourth-order valence-corrected chi connectivity index (χ4v) is 7.57. The molecule has 4 aliphatic carbocycles. The third kappa shape index (κ3) is 3.29. The van der Waals surface area contributed by atoms with E-state index in [1.54, 1.807) is 12.1 Å². The van der Waals surface area contributed by atoms with E-state index in [0.29, 0.717) is 47.2 Å².